The maximum absolute atomic E-state index is 12.2. The molecule has 19 heavy (non-hydrogen) atoms. The van der Waals surface area contributed by atoms with Gasteiger partial charge in [0.15, 0.2) is 5.11 Å². The molecule has 108 valence electrons. The molecule has 0 spiro atoms. The highest BCUT2D eigenvalue weighted by molar-refractivity contribution is 7.80. The molecule has 2 N–H and O–H groups in total. The molecule has 1 aliphatic carbocycles. The van der Waals surface area contributed by atoms with Crippen LogP contribution in [0.5, 0.6) is 0 Å². The Hall–Kier alpha value is -0.880. The van der Waals surface area contributed by atoms with E-state index in [1.54, 1.807) is 0 Å². The van der Waals surface area contributed by atoms with Gasteiger partial charge in [-0.05, 0) is 32.0 Å². The number of carbonyl (C=O) groups excluding carboxylic acids is 1. The summed E-state index contributed by atoms with van der Waals surface area (Å²) in [5, 5.41) is 6.98. The van der Waals surface area contributed by atoms with Gasteiger partial charge >= 0.3 is 0 Å². The van der Waals surface area contributed by atoms with Crippen LogP contribution in [-0.4, -0.2) is 54.3 Å². The smallest absolute Gasteiger partial charge is 0.244 e. The molecule has 2 rings (SSSR count). The lowest BCUT2D eigenvalue weighted by atomic mass is 10.2. The van der Waals surface area contributed by atoms with Crippen molar-refractivity contribution in [3.8, 4) is 0 Å². The lowest BCUT2D eigenvalue weighted by molar-refractivity contribution is -0.136. The number of nitrogens with zero attached hydrogens (tertiary/aromatic N) is 1. The molecule has 1 unspecified atom stereocenters. The second-order valence-electron chi connectivity index (χ2n) is 5.26. The summed E-state index contributed by atoms with van der Waals surface area (Å²) in [5.41, 5.74) is 0. The number of carbonyl (C=O) groups is 1. The van der Waals surface area contributed by atoms with E-state index in [0.717, 1.165) is 0 Å². The monoisotopic (exact) mass is 285 g/mol. The molecule has 0 radical (unpaired) electrons. The zero-order valence-corrected chi connectivity index (χ0v) is 12.3. The predicted molar refractivity (Wildman–Crippen MR) is 78.0 cm³/mol. The van der Waals surface area contributed by atoms with Crippen molar-refractivity contribution >= 4 is 23.2 Å². The van der Waals surface area contributed by atoms with Crippen molar-refractivity contribution < 1.29 is 9.53 Å². The molecule has 1 heterocycles. The molecule has 1 saturated carbocycles. The van der Waals surface area contributed by atoms with E-state index in [0.29, 0.717) is 37.5 Å². The maximum Gasteiger partial charge on any atom is 0.244 e. The van der Waals surface area contributed by atoms with Crippen molar-refractivity contribution in [2.24, 2.45) is 0 Å². The van der Waals surface area contributed by atoms with E-state index in [2.05, 4.69) is 10.6 Å². The molecule has 1 atom stereocenters. The van der Waals surface area contributed by atoms with Crippen molar-refractivity contribution in [1.82, 2.24) is 15.5 Å². The SMILES string of the molecule is CC(NC(=S)NC1CCCC1)C(=O)N1CCOCC1. The summed E-state index contributed by atoms with van der Waals surface area (Å²) in [6.45, 7) is 4.47. The maximum atomic E-state index is 12.2. The molecule has 0 aromatic rings. The van der Waals surface area contributed by atoms with Crippen LogP contribution in [0.2, 0.25) is 0 Å². The molecule has 0 aromatic carbocycles. The normalized spacial score (nSPS) is 22.1. The fraction of sp³-hybridized carbons (Fsp3) is 0.846. The molecule has 5 nitrogen and oxygen atoms in total. The van der Waals surface area contributed by atoms with Crippen LogP contribution in [0, 0.1) is 0 Å². The molecule has 1 saturated heterocycles. The minimum atomic E-state index is -0.278. The molecule has 1 aliphatic heterocycles. The number of rotatable bonds is 3. The Balaban J connectivity index is 1.73. The van der Waals surface area contributed by atoms with E-state index in [9.17, 15) is 4.79 Å². The Kier molecular flexibility index (Phi) is 5.39. The quantitative estimate of drug-likeness (QED) is 0.745. The van der Waals surface area contributed by atoms with Gasteiger partial charge in [0.25, 0.3) is 0 Å². The fourth-order valence-electron chi connectivity index (χ4n) is 2.61. The van der Waals surface area contributed by atoms with Crippen LogP contribution < -0.4 is 10.6 Å². The van der Waals surface area contributed by atoms with Crippen LogP contribution in [-0.2, 0) is 9.53 Å². The van der Waals surface area contributed by atoms with E-state index >= 15 is 0 Å². The van der Waals surface area contributed by atoms with Crippen molar-refractivity contribution in [2.75, 3.05) is 26.3 Å². The van der Waals surface area contributed by atoms with Crippen molar-refractivity contribution in [1.29, 1.82) is 0 Å². The average molecular weight is 285 g/mol. The van der Waals surface area contributed by atoms with Crippen LogP contribution in [0.25, 0.3) is 0 Å². The summed E-state index contributed by atoms with van der Waals surface area (Å²) in [6.07, 6.45) is 4.88. The first-order valence-electron chi connectivity index (χ1n) is 7.10. The standard InChI is InChI=1S/C13H23N3O2S/c1-10(12(17)16-6-8-18-9-7-16)14-13(19)15-11-4-2-3-5-11/h10-11H,2-9H2,1H3,(H2,14,15,19). The topological polar surface area (TPSA) is 53.6 Å². The van der Waals surface area contributed by atoms with Crippen LogP contribution in [0.3, 0.4) is 0 Å². The third-order valence-electron chi connectivity index (χ3n) is 3.73. The number of morpholine rings is 1. The molecule has 2 aliphatic rings. The van der Waals surface area contributed by atoms with Gasteiger partial charge in [-0.3, -0.25) is 4.79 Å². The lowest BCUT2D eigenvalue weighted by Crippen LogP contribution is -2.53. The number of thiocarbonyl (C=S) groups is 1. The third kappa shape index (κ3) is 4.31. The second kappa shape index (κ2) is 7.05. The Bertz CT molecular complexity index is 326. The highest BCUT2D eigenvalue weighted by Gasteiger charge is 2.23. The van der Waals surface area contributed by atoms with E-state index in [4.69, 9.17) is 17.0 Å². The van der Waals surface area contributed by atoms with E-state index in [-0.39, 0.29) is 11.9 Å². The van der Waals surface area contributed by atoms with Crippen molar-refractivity contribution in [3.05, 3.63) is 0 Å². The molecular weight excluding hydrogens is 262 g/mol. The van der Waals surface area contributed by atoms with E-state index in [1.165, 1.54) is 25.7 Å². The Morgan fingerprint density at radius 1 is 1.32 bits per heavy atom. The zero-order valence-electron chi connectivity index (χ0n) is 11.5. The molecule has 0 bridgehead atoms. The Labute approximate surface area is 120 Å². The summed E-state index contributed by atoms with van der Waals surface area (Å²) in [7, 11) is 0. The van der Waals surface area contributed by atoms with E-state index < -0.39 is 0 Å². The Morgan fingerprint density at radius 3 is 2.58 bits per heavy atom. The summed E-state index contributed by atoms with van der Waals surface area (Å²) >= 11 is 5.27. The number of nitrogens with one attached hydrogen (secondary N) is 2. The summed E-state index contributed by atoms with van der Waals surface area (Å²) in [5.74, 6) is 0.0962. The largest absolute Gasteiger partial charge is 0.378 e. The first-order valence-corrected chi connectivity index (χ1v) is 7.51. The number of hydrogen-bond acceptors (Lipinski definition) is 3. The van der Waals surface area contributed by atoms with Crippen LogP contribution in [0.15, 0.2) is 0 Å². The molecule has 0 aromatic heterocycles. The second-order valence-corrected chi connectivity index (χ2v) is 5.67. The molecule has 6 heteroatoms. The third-order valence-corrected chi connectivity index (χ3v) is 3.97. The minimum absolute atomic E-state index is 0.0962. The van der Waals surface area contributed by atoms with Gasteiger partial charge in [-0.1, -0.05) is 12.8 Å². The van der Waals surface area contributed by atoms with Crippen molar-refractivity contribution in [2.45, 2.75) is 44.7 Å². The van der Waals surface area contributed by atoms with Gasteiger partial charge in [0.1, 0.15) is 6.04 Å². The minimum Gasteiger partial charge on any atom is -0.378 e. The molecule has 1 amide bonds. The molecular formula is C13H23N3O2S. The number of amides is 1. The van der Waals surface area contributed by atoms with Crippen LogP contribution in [0.1, 0.15) is 32.6 Å². The van der Waals surface area contributed by atoms with Gasteiger partial charge in [0.2, 0.25) is 5.91 Å². The van der Waals surface area contributed by atoms with Gasteiger partial charge < -0.3 is 20.3 Å². The van der Waals surface area contributed by atoms with Gasteiger partial charge in [0, 0.05) is 19.1 Å². The predicted octanol–water partition coefficient (Wildman–Crippen LogP) is 0.640. The summed E-state index contributed by atoms with van der Waals surface area (Å²) < 4.78 is 5.25. The van der Waals surface area contributed by atoms with Crippen molar-refractivity contribution in [3.63, 3.8) is 0 Å². The summed E-state index contributed by atoms with van der Waals surface area (Å²) in [4.78, 5) is 14.0. The Morgan fingerprint density at radius 2 is 1.95 bits per heavy atom. The lowest BCUT2D eigenvalue weighted by Gasteiger charge is -2.30. The van der Waals surface area contributed by atoms with Crippen LogP contribution in [0.4, 0.5) is 0 Å². The highest BCUT2D eigenvalue weighted by Crippen LogP contribution is 2.17. The fourth-order valence-corrected chi connectivity index (χ4v) is 2.96. The zero-order chi connectivity index (χ0) is 13.7. The number of ether oxygens (including phenoxy) is 1. The van der Waals surface area contributed by atoms with Gasteiger partial charge in [-0.25, -0.2) is 0 Å². The number of hydrogen-bond donors (Lipinski definition) is 2. The van der Waals surface area contributed by atoms with E-state index in [1.807, 2.05) is 11.8 Å². The molecule has 2 fully saturated rings. The summed E-state index contributed by atoms with van der Waals surface area (Å²) in [6, 6.07) is 0.199. The van der Waals surface area contributed by atoms with Gasteiger partial charge in [-0.2, -0.15) is 0 Å². The van der Waals surface area contributed by atoms with Gasteiger partial charge in [0.05, 0.1) is 13.2 Å². The highest BCUT2D eigenvalue weighted by atomic mass is 32.1. The first-order chi connectivity index (χ1) is 9.16. The van der Waals surface area contributed by atoms with Gasteiger partial charge in [-0.15, -0.1) is 0 Å². The van der Waals surface area contributed by atoms with Crippen LogP contribution >= 0.6 is 12.2 Å². The average Bonchev–Trinajstić information content (AvgIpc) is 2.91. The first kappa shape index (κ1) is 14.5.